The van der Waals surface area contributed by atoms with E-state index < -0.39 is 0 Å². The van der Waals surface area contributed by atoms with E-state index in [0.29, 0.717) is 11.6 Å². The molecule has 0 bridgehead atoms. The molecule has 1 aromatic carbocycles. The van der Waals surface area contributed by atoms with Crippen LogP contribution in [-0.4, -0.2) is 15.9 Å². The van der Waals surface area contributed by atoms with Crippen molar-refractivity contribution in [2.24, 2.45) is 0 Å². The first-order chi connectivity index (χ1) is 12.2. The van der Waals surface area contributed by atoms with Crippen molar-refractivity contribution in [1.82, 2.24) is 15.3 Å². The molecule has 0 spiro atoms. The number of rotatable bonds is 7. The molecule has 0 aliphatic heterocycles. The monoisotopic (exact) mass is 371 g/mol. The lowest BCUT2D eigenvalue weighted by Crippen LogP contribution is -2.24. The first kappa shape index (κ1) is 17.6. The predicted octanol–water partition coefficient (Wildman–Crippen LogP) is 3.84. The minimum atomic E-state index is -0.0501. The van der Waals surface area contributed by atoms with Crippen molar-refractivity contribution >= 4 is 28.8 Å². The maximum Gasteiger partial charge on any atom is 0.226 e. The summed E-state index contributed by atoms with van der Waals surface area (Å²) in [5.74, 6) is -0.0501. The number of carbonyl (C=O) groups is 1. The van der Waals surface area contributed by atoms with Crippen LogP contribution >= 0.6 is 22.9 Å². The second-order valence-electron chi connectivity index (χ2n) is 5.63. The fourth-order valence-corrected chi connectivity index (χ4v) is 3.41. The highest BCUT2D eigenvalue weighted by Gasteiger charge is 2.09. The summed E-state index contributed by atoms with van der Waals surface area (Å²) in [7, 11) is 0. The van der Waals surface area contributed by atoms with E-state index in [-0.39, 0.29) is 12.3 Å². The highest BCUT2D eigenvalue weighted by atomic mass is 35.5. The summed E-state index contributed by atoms with van der Waals surface area (Å²) < 4.78 is 0. The molecule has 0 radical (unpaired) electrons. The molecular formula is C19H18ClN3OS. The van der Waals surface area contributed by atoms with Gasteiger partial charge in [0.05, 0.1) is 17.1 Å². The molecule has 0 aliphatic rings. The summed E-state index contributed by atoms with van der Waals surface area (Å²) in [4.78, 5) is 20.7. The lowest BCUT2D eigenvalue weighted by atomic mass is 10.1. The van der Waals surface area contributed by atoms with Crippen LogP contribution in [0.3, 0.4) is 0 Å². The average molecular weight is 372 g/mol. The SMILES string of the molecule is O=C(Cc1csc(CCc2ccncc2)n1)NCc1ccccc1Cl. The van der Waals surface area contributed by atoms with Crippen molar-refractivity contribution in [3.05, 3.63) is 81.0 Å². The van der Waals surface area contributed by atoms with Crippen molar-refractivity contribution in [3.8, 4) is 0 Å². The number of pyridine rings is 1. The van der Waals surface area contributed by atoms with Crippen LogP contribution in [0.5, 0.6) is 0 Å². The normalized spacial score (nSPS) is 10.6. The number of amides is 1. The van der Waals surface area contributed by atoms with Crippen LogP contribution in [0, 0.1) is 0 Å². The van der Waals surface area contributed by atoms with Gasteiger partial charge in [0, 0.05) is 35.8 Å². The Balaban J connectivity index is 1.47. The Morgan fingerprint density at radius 2 is 1.92 bits per heavy atom. The largest absolute Gasteiger partial charge is 0.352 e. The molecule has 0 fully saturated rings. The summed E-state index contributed by atoms with van der Waals surface area (Å²) in [6.07, 6.45) is 5.68. The highest BCUT2D eigenvalue weighted by Crippen LogP contribution is 2.15. The number of hydrogen-bond donors (Lipinski definition) is 1. The number of hydrogen-bond acceptors (Lipinski definition) is 4. The van der Waals surface area contributed by atoms with E-state index in [1.165, 1.54) is 5.56 Å². The fourth-order valence-electron chi connectivity index (χ4n) is 2.41. The maximum atomic E-state index is 12.1. The van der Waals surface area contributed by atoms with Gasteiger partial charge in [-0.3, -0.25) is 9.78 Å². The number of nitrogens with zero attached hydrogens (tertiary/aromatic N) is 2. The summed E-state index contributed by atoms with van der Waals surface area (Å²) in [6.45, 7) is 0.428. The van der Waals surface area contributed by atoms with Gasteiger partial charge in [-0.25, -0.2) is 4.98 Å². The van der Waals surface area contributed by atoms with Crippen LogP contribution in [0.4, 0.5) is 0 Å². The van der Waals surface area contributed by atoms with Crippen molar-refractivity contribution in [3.63, 3.8) is 0 Å². The van der Waals surface area contributed by atoms with E-state index in [1.807, 2.05) is 41.8 Å². The van der Waals surface area contributed by atoms with E-state index in [2.05, 4.69) is 15.3 Å². The number of benzene rings is 1. The summed E-state index contributed by atoms with van der Waals surface area (Å²) in [6, 6.07) is 11.5. The Morgan fingerprint density at radius 3 is 2.72 bits per heavy atom. The number of carbonyl (C=O) groups excluding carboxylic acids is 1. The van der Waals surface area contributed by atoms with Gasteiger partial charge in [0.2, 0.25) is 5.91 Å². The second kappa shape index (κ2) is 8.74. The summed E-state index contributed by atoms with van der Waals surface area (Å²) in [5, 5.41) is 6.55. The first-order valence-electron chi connectivity index (χ1n) is 8.03. The minimum absolute atomic E-state index is 0.0501. The van der Waals surface area contributed by atoms with Gasteiger partial charge in [0.25, 0.3) is 0 Å². The van der Waals surface area contributed by atoms with Crippen LogP contribution in [0.25, 0.3) is 0 Å². The lowest BCUT2D eigenvalue weighted by Gasteiger charge is -2.06. The molecule has 0 aliphatic carbocycles. The van der Waals surface area contributed by atoms with Gasteiger partial charge in [0.1, 0.15) is 0 Å². The van der Waals surface area contributed by atoms with Gasteiger partial charge < -0.3 is 5.32 Å². The van der Waals surface area contributed by atoms with Gasteiger partial charge in [0.15, 0.2) is 0 Å². The van der Waals surface area contributed by atoms with Gasteiger partial charge in [-0.1, -0.05) is 29.8 Å². The number of aromatic nitrogens is 2. The molecule has 2 aromatic heterocycles. The number of thiazole rings is 1. The quantitative estimate of drug-likeness (QED) is 0.686. The Morgan fingerprint density at radius 1 is 1.12 bits per heavy atom. The van der Waals surface area contributed by atoms with E-state index >= 15 is 0 Å². The van der Waals surface area contributed by atoms with Crippen molar-refractivity contribution < 1.29 is 4.79 Å². The molecule has 128 valence electrons. The standard InChI is InChI=1S/C19H18ClN3OS/c20-17-4-2-1-3-15(17)12-22-18(24)11-16-13-25-19(23-16)6-5-14-7-9-21-10-8-14/h1-4,7-10,13H,5-6,11-12H2,(H,22,24). The zero-order chi connectivity index (χ0) is 17.5. The molecule has 1 N–H and O–H groups in total. The zero-order valence-corrected chi connectivity index (χ0v) is 15.2. The lowest BCUT2D eigenvalue weighted by molar-refractivity contribution is -0.120. The number of nitrogens with one attached hydrogen (secondary N) is 1. The molecule has 25 heavy (non-hydrogen) atoms. The van der Waals surface area contributed by atoms with E-state index in [4.69, 9.17) is 11.6 Å². The Labute approximate surface area is 155 Å². The van der Waals surface area contributed by atoms with E-state index in [9.17, 15) is 4.79 Å². The molecule has 0 saturated carbocycles. The molecular weight excluding hydrogens is 354 g/mol. The van der Waals surface area contributed by atoms with Gasteiger partial charge in [-0.15, -0.1) is 11.3 Å². The zero-order valence-electron chi connectivity index (χ0n) is 13.6. The van der Waals surface area contributed by atoms with Crippen LogP contribution in [0.2, 0.25) is 5.02 Å². The van der Waals surface area contributed by atoms with Crippen LogP contribution in [-0.2, 0) is 30.6 Å². The maximum absolute atomic E-state index is 12.1. The van der Waals surface area contributed by atoms with Gasteiger partial charge in [-0.05, 0) is 35.7 Å². The summed E-state index contributed by atoms with van der Waals surface area (Å²) >= 11 is 7.69. The second-order valence-corrected chi connectivity index (χ2v) is 6.98. The number of halogens is 1. The molecule has 3 aromatic rings. The third-order valence-electron chi connectivity index (χ3n) is 3.75. The molecule has 6 heteroatoms. The third-order valence-corrected chi connectivity index (χ3v) is 5.08. The first-order valence-corrected chi connectivity index (χ1v) is 9.29. The van der Waals surface area contributed by atoms with Crippen LogP contribution < -0.4 is 5.32 Å². The Kier molecular flexibility index (Phi) is 6.14. The fraction of sp³-hybridized carbons (Fsp3) is 0.211. The molecule has 3 rings (SSSR count). The van der Waals surface area contributed by atoms with E-state index in [1.54, 1.807) is 23.7 Å². The molecule has 1 amide bonds. The van der Waals surface area contributed by atoms with Gasteiger partial charge in [-0.2, -0.15) is 0 Å². The smallest absolute Gasteiger partial charge is 0.226 e. The van der Waals surface area contributed by atoms with E-state index in [0.717, 1.165) is 29.1 Å². The van der Waals surface area contributed by atoms with Crippen molar-refractivity contribution in [2.75, 3.05) is 0 Å². The Bertz CT molecular complexity index is 835. The highest BCUT2D eigenvalue weighted by molar-refractivity contribution is 7.09. The van der Waals surface area contributed by atoms with Crippen LogP contribution in [0.15, 0.2) is 54.2 Å². The third kappa shape index (κ3) is 5.37. The van der Waals surface area contributed by atoms with Crippen molar-refractivity contribution in [2.45, 2.75) is 25.8 Å². The Hall–Kier alpha value is -2.24. The molecule has 0 unspecified atom stereocenters. The van der Waals surface area contributed by atoms with Gasteiger partial charge >= 0.3 is 0 Å². The minimum Gasteiger partial charge on any atom is -0.352 e. The topological polar surface area (TPSA) is 54.9 Å². The molecule has 0 atom stereocenters. The van der Waals surface area contributed by atoms with Crippen molar-refractivity contribution in [1.29, 1.82) is 0 Å². The molecule has 4 nitrogen and oxygen atoms in total. The number of aryl methyl sites for hydroxylation is 2. The molecule has 2 heterocycles. The predicted molar refractivity (Wildman–Crippen MR) is 101 cm³/mol. The van der Waals surface area contributed by atoms with Crippen LogP contribution in [0.1, 0.15) is 21.8 Å². The molecule has 0 saturated heterocycles. The average Bonchev–Trinajstić information content (AvgIpc) is 3.07. The summed E-state index contributed by atoms with van der Waals surface area (Å²) in [5.41, 5.74) is 2.96.